The third-order valence-electron chi connectivity index (χ3n) is 4.65. The van der Waals surface area contributed by atoms with E-state index in [0.717, 1.165) is 12.1 Å². The first kappa shape index (κ1) is 21.4. The fourth-order valence-corrected chi connectivity index (χ4v) is 3.55. The molecule has 1 aliphatic heterocycles. The molecule has 1 fully saturated rings. The Morgan fingerprint density at radius 2 is 1.30 bits per heavy atom. The number of anilines is 1. The van der Waals surface area contributed by atoms with Crippen molar-refractivity contribution < 1.29 is 26.3 Å². The van der Waals surface area contributed by atoms with Crippen molar-refractivity contribution in [2.24, 2.45) is 0 Å². The van der Waals surface area contributed by atoms with Crippen LogP contribution in [-0.2, 0) is 12.4 Å². The molecule has 1 nitrogen and oxygen atoms in total. The molecule has 8 heteroatoms. The number of hydrogen-bond donors (Lipinski definition) is 0. The number of para-hydroxylation sites is 1. The topological polar surface area (TPSA) is 3.24 Å². The van der Waals surface area contributed by atoms with Gasteiger partial charge < -0.3 is 4.90 Å². The Bertz CT molecular complexity index is 706. The van der Waals surface area contributed by atoms with Crippen LogP contribution in [-0.4, -0.2) is 6.54 Å². The molecule has 0 radical (unpaired) electrons. The molecule has 2 aromatic carbocycles. The second-order valence-electron chi connectivity index (χ2n) is 6.30. The predicted octanol–water partition coefficient (Wildman–Crippen LogP) is 6.88. The van der Waals surface area contributed by atoms with Crippen LogP contribution in [0.2, 0.25) is 0 Å². The summed E-state index contributed by atoms with van der Waals surface area (Å²) < 4.78 is 80.4. The molecule has 1 heterocycles. The maximum atomic E-state index is 13.4. The first-order valence-corrected chi connectivity index (χ1v) is 8.28. The number of rotatable bonds is 2. The SMILES string of the molecule is Cl.FC(F)(F)c1ccccc1C1CCCCN1c1ccccc1C(F)(F)F. The van der Waals surface area contributed by atoms with E-state index >= 15 is 0 Å². The van der Waals surface area contributed by atoms with E-state index in [1.165, 1.54) is 41.3 Å². The summed E-state index contributed by atoms with van der Waals surface area (Å²) >= 11 is 0. The average molecular weight is 410 g/mol. The van der Waals surface area contributed by atoms with Crippen LogP contribution >= 0.6 is 12.4 Å². The molecule has 2 aromatic rings. The zero-order chi connectivity index (χ0) is 18.9. The van der Waals surface area contributed by atoms with Crippen LogP contribution in [0.25, 0.3) is 0 Å². The van der Waals surface area contributed by atoms with Crippen LogP contribution in [0.3, 0.4) is 0 Å². The summed E-state index contributed by atoms with van der Waals surface area (Å²) in [5.74, 6) is 0. The fraction of sp³-hybridized carbons (Fsp3) is 0.368. The highest BCUT2D eigenvalue weighted by molar-refractivity contribution is 5.85. The standard InChI is InChI=1S/C19H17F6N.ClH/c20-18(21,22)14-8-2-1-7-13(14)16-10-5-6-12-26(16)17-11-4-3-9-15(17)19(23,24)25;/h1-4,7-9,11,16H,5-6,10,12H2;1H. The quantitative estimate of drug-likeness (QED) is 0.489. The third-order valence-corrected chi connectivity index (χ3v) is 4.65. The van der Waals surface area contributed by atoms with Crippen molar-refractivity contribution in [3.8, 4) is 0 Å². The van der Waals surface area contributed by atoms with Crippen molar-refractivity contribution in [1.82, 2.24) is 0 Å². The van der Waals surface area contributed by atoms with Crippen LogP contribution in [0.15, 0.2) is 48.5 Å². The molecule has 0 saturated carbocycles. The molecule has 148 valence electrons. The number of piperidine rings is 1. The van der Waals surface area contributed by atoms with Crippen molar-refractivity contribution in [2.75, 3.05) is 11.4 Å². The smallest absolute Gasteiger partial charge is 0.364 e. The molecule has 0 aliphatic carbocycles. The highest BCUT2D eigenvalue weighted by Gasteiger charge is 2.40. The summed E-state index contributed by atoms with van der Waals surface area (Å²) in [6.45, 7) is 0.282. The number of benzene rings is 2. The Morgan fingerprint density at radius 3 is 1.93 bits per heavy atom. The van der Waals surface area contributed by atoms with E-state index in [1.807, 2.05) is 0 Å². The summed E-state index contributed by atoms with van der Waals surface area (Å²) in [4.78, 5) is 1.47. The van der Waals surface area contributed by atoms with Crippen molar-refractivity contribution in [3.63, 3.8) is 0 Å². The summed E-state index contributed by atoms with van der Waals surface area (Å²) in [6, 6.07) is 9.45. The lowest BCUT2D eigenvalue weighted by Crippen LogP contribution is -2.35. The minimum absolute atomic E-state index is 0. The third kappa shape index (κ3) is 4.51. The first-order chi connectivity index (χ1) is 12.2. The maximum Gasteiger partial charge on any atom is 0.418 e. The van der Waals surface area contributed by atoms with Gasteiger partial charge in [0.2, 0.25) is 0 Å². The molecule has 0 aromatic heterocycles. The van der Waals surface area contributed by atoms with Gasteiger partial charge in [0.15, 0.2) is 0 Å². The van der Waals surface area contributed by atoms with E-state index in [9.17, 15) is 26.3 Å². The highest BCUT2D eigenvalue weighted by Crippen LogP contribution is 2.44. The molecular formula is C19H18ClF6N. The summed E-state index contributed by atoms with van der Waals surface area (Å²) in [7, 11) is 0. The lowest BCUT2D eigenvalue weighted by molar-refractivity contribution is -0.139. The van der Waals surface area contributed by atoms with Crippen LogP contribution in [0.4, 0.5) is 32.0 Å². The lowest BCUT2D eigenvalue weighted by atomic mass is 9.90. The minimum Gasteiger partial charge on any atom is -0.364 e. The number of halogens is 7. The molecule has 27 heavy (non-hydrogen) atoms. The van der Waals surface area contributed by atoms with Gasteiger partial charge in [-0.15, -0.1) is 12.4 Å². The Morgan fingerprint density at radius 1 is 0.741 bits per heavy atom. The van der Waals surface area contributed by atoms with E-state index in [1.54, 1.807) is 0 Å². The van der Waals surface area contributed by atoms with Gasteiger partial charge in [-0.25, -0.2) is 0 Å². The number of alkyl halides is 6. The Balaban J connectivity index is 0.00000261. The molecule has 1 saturated heterocycles. The van der Waals surface area contributed by atoms with E-state index in [0.29, 0.717) is 19.3 Å². The molecule has 1 aliphatic rings. The molecule has 0 spiro atoms. The molecule has 0 N–H and O–H groups in total. The van der Waals surface area contributed by atoms with Gasteiger partial charge in [-0.1, -0.05) is 30.3 Å². The molecule has 3 rings (SSSR count). The highest BCUT2D eigenvalue weighted by atomic mass is 35.5. The second kappa shape index (κ2) is 8.00. The zero-order valence-corrected chi connectivity index (χ0v) is 15.0. The minimum atomic E-state index is -4.57. The normalized spacial score (nSPS) is 18.1. The van der Waals surface area contributed by atoms with Crippen LogP contribution in [0.5, 0.6) is 0 Å². The van der Waals surface area contributed by atoms with Gasteiger partial charge >= 0.3 is 12.4 Å². The summed E-state index contributed by atoms with van der Waals surface area (Å²) in [5, 5.41) is 0. The van der Waals surface area contributed by atoms with Gasteiger partial charge in [0, 0.05) is 12.2 Å². The van der Waals surface area contributed by atoms with E-state index in [2.05, 4.69) is 0 Å². The number of nitrogens with zero attached hydrogens (tertiary/aromatic N) is 1. The summed E-state index contributed by atoms with van der Waals surface area (Å²) in [5.41, 5.74) is -1.66. The van der Waals surface area contributed by atoms with Gasteiger partial charge in [-0.05, 0) is 43.0 Å². The average Bonchev–Trinajstić information content (AvgIpc) is 2.60. The van der Waals surface area contributed by atoms with Crippen molar-refractivity contribution in [1.29, 1.82) is 0 Å². The largest absolute Gasteiger partial charge is 0.418 e. The van der Waals surface area contributed by atoms with Gasteiger partial charge in [0.25, 0.3) is 0 Å². The molecule has 1 atom stereocenters. The predicted molar refractivity (Wildman–Crippen MR) is 94.1 cm³/mol. The fourth-order valence-electron chi connectivity index (χ4n) is 3.55. The van der Waals surface area contributed by atoms with E-state index in [-0.39, 0.29) is 30.2 Å². The van der Waals surface area contributed by atoms with E-state index in [4.69, 9.17) is 0 Å². The lowest BCUT2D eigenvalue weighted by Gasteiger charge is -2.40. The van der Waals surface area contributed by atoms with Crippen LogP contribution in [0, 0.1) is 0 Å². The first-order valence-electron chi connectivity index (χ1n) is 8.28. The Labute approximate surface area is 159 Å². The maximum absolute atomic E-state index is 13.4. The van der Waals surface area contributed by atoms with E-state index < -0.39 is 29.5 Å². The van der Waals surface area contributed by atoms with Gasteiger partial charge in [0.1, 0.15) is 0 Å². The number of hydrogen-bond acceptors (Lipinski definition) is 1. The molecule has 0 bridgehead atoms. The van der Waals surface area contributed by atoms with Gasteiger partial charge in [0.05, 0.1) is 17.2 Å². The molecule has 0 amide bonds. The van der Waals surface area contributed by atoms with Crippen LogP contribution in [0.1, 0.15) is 42.0 Å². The van der Waals surface area contributed by atoms with Gasteiger partial charge in [-0.3, -0.25) is 0 Å². The molecule has 1 unspecified atom stereocenters. The zero-order valence-electron chi connectivity index (χ0n) is 14.1. The van der Waals surface area contributed by atoms with Crippen molar-refractivity contribution in [2.45, 2.75) is 37.7 Å². The van der Waals surface area contributed by atoms with Gasteiger partial charge in [-0.2, -0.15) is 26.3 Å². The monoisotopic (exact) mass is 409 g/mol. The molecular weight excluding hydrogens is 392 g/mol. The van der Waals surface area contributed by atoms with Crippen molar-refractivity contribution >= 4 is 18.1 Å². The van der Waals surface area contributed by atoms with Crippen LogP contribution < -0.4 is 4.90 Å². The summed E-state index contributed by atoms with van der Waals surface area (Å²) in [6.07, 6.45) is -7.44. The van der Waals surface area contributed by atoms with Crippen molar-refractivity contribution in [3.05, 3.63) is 65.2 Å². The Hall–Kier alpha value is -1.89. The Kier molecular flexibility index (Phi) is 6.35. The second-order valence-corrected chi connectivity index (χ2v) is 6.30.